The Morgan fingerprint density at radius 3 is 2.67 bits per heavy atom. The highest BCUT2D eigenvalue weighted by Gasteiger charge is 2.45. The van der Waals surface area contributed by atoms with E-state index in [-0.39, 0.29) is 23.7 Å². The average molecular weight is 311 g/mol. The molecular formula is C14H21N3O3S. The van der Waals surface area contributed by atoms with E-state index in [0.717, 1.165) is 11.5 Å². The summed E-state index contributed by atoms with van der Waals surface area (Å²) in [4.78, 5) is 16.8. The third kappa shape index (κ3) is 2.71. The number of aromatic nitrogens is 2. The van der Waals surface area contributed by atoms with Gasteiger partial charge < -0.3 is 4.57 Å². The predicted octanol–water partition coefficient (Wildman–Crippen LogP) is 1.17. The van der Waals surface area contributed by atoms with Gasteiger partial charge in [-0.3, -0.25) is 9.52 Å². The van der Waals surface area contributed by atoms with Crippen LogP contribution in [0.15, 0.2) is 6.20 Å². The number of sulfonamides is 1. The number of amides is 1. The van der Waals surface area contributed by atoms with Crippen LogP contribution in [0.2, 0.25) is 0 Å². The number of carbonyl (C=O) groups excluding carboxylic acids is 1. The maximum absolute atomic E-state index is 12.3. The van der Waals surface area contributed by atoms with E-state index >= 15 is 0 Å². The molecule has 4 atom stereocenters. The molecule has 1 aromatic rings. The van der Waals surface area contributed by atoms with Gasteiger partial charge in [-0.2, -0.15) is 0 Å². The standard InChI is InChI=1S/C14H21N3O3S/c1-8-5-12(8)21(19,20)16-14(18)11-4-9(2)13-15-10(3)6-17(13)7-11/h6,8-9,11-12H,4-5,7H2,1-3H3,(H,16,18)/t8-,9+,11-,12-/m1/s1. The molecule has 3 rings (SSSR count). The van der Waals surface area contributed by atoms with E-state index in [4.69, 9.17) is 0 Å². The minimum Gasteiger partial charge on any atom is -0.334 e. The second kappa shape index (κ2) is 4.83. The number of carbonyl (C=O) groups is 1. The first-order valence-corrected chi connectivity index (χ1v) is 8.91. The second-order valence-corrected chi connectivity index (χ2v) is 8.39. The number of aryl methyl sites for hydroxylation is 1. The lowest BCUT2D eigenvalue weighted by Gasteiger charge is -2.27. The van der Waals surface area contributed by atoms with Crippen molar-refractivity contribution >= 4 is 15.9 Å². The van der Waals surface area contributed by atoms with Gasteiger partial charge in [0.25, 0.3) is 0 Å². The summed E-state index contributed by atoms with van der Waals surface area (Å²) in [5, 5.41) is -0.395. The Labute approximate surface area is 125 Å². The number of nitrogens with zero attached hydrogens (tertiary/aromatic N) is 2. The van der Waals surface area contributed by atoms with Crippen LogP contribution in [0.3, 0.4) is 0 Å². The van der Waals surface area contributed by atoms with E-state index in [2.05, 4.69) is 9.71 Å². The van der Waals surface area contributed by atoms with Gasteiger partial charge in [-0.05, 0) is 25.7 Å². The monoisotopic (exact) mass is 311 g/mol. The van der Waals surface area contributed by atoms with E-state index in [0.29, 0.717) is 19.4 Å². The minimum absolute atomic E-state index is 0.156. The number of hydrogen-bond acceptors (Lipinski definition) is 4. The molecule has 6 nitrogen and oxygen atoms in total. The Balaban J connectivity index is 1.72. The maximum atomic E-state index is 12.3. The van der Waals surface area contributed by atoms with Crippen molar-refractivity contribution in [3.63, 3.8) is 0 Å². The van der Waals surface area contributed by atoms with E-state index in [1.807, 2.05) is 31.5 Å². The molecule has 1 N–H and O–H groups in total. The summed E-state index contributed by atoms with van der Waals surface area (Å²) >= 11 is 0. The topological polar surface area (TPSA) is 81.1 Å². The molecule has 21 heavy (non-hydrogen) atoms. The molecule has 7 heteroatoms. The SMILES string of the molecule is Cc1cn2c(n1)[C@@H](C)C[C@@H](C(=O)NS(=O)(=O)[C@@H]1C[C@H]1C)C2. The summed E-state index contributed by atoms with van der Waals surface area (Å²) in [6.45, 7) is 6.33. The molecule has 1 amide bonds. The van der Waals surface area contributed by atoms with Crippen molar-refractivity contribution in [3.05, 3.63) is 17.7 Å². The molecule has 1 aromatic heterocycles. The molecule has 116 valence electrons. The van der Waals surface area contributed by atoms with Crippen LogP contribution in [-0.4, -0.2) is 29.1 Å². The Hall–Kier alpha value is -1.37. The van der Waals surface area contributed by atoms with Gasteiger partial charge in [0.1, 0.15) is 5.82 Å². The highest BCUT2D eigenvalue weighted by atomic mass is 32.2. The normalized spacial score (nSPS) is 31.6. The third-order valence-corrected chi connectivity index (χ3v) is 6.41. The highest BCUT2D eigenvalue weighted by molar-refractivity contribution is 7.91. The zero-order valence-corrected chi connectivity index (χ0v) is 13.4. The smallest absolute Gasteiger partial charge is 0.238 e. The zero-order chi connectivity index (χ0) is 15.4. The first-order valence-electron chi connectivity index (χ1n) is 7.37. The number of nitrogens with one attached hydrogen (secondary N) is 1. The molecule has 0 saturated heterocycles. The molecule has 2 heterocycles. The van der Waals surface area contributed by atoms with Crippen LogP contribution in [0.4, 0.5) is 0 Å². The fourth-order valence-electron chi connectivity index (χ4n) is 3.16. The van der Waals surface area contributed by atoms with E-state index in [9.17, 15) is 13.2 Å². The molecule has 2 aliphatic rings. The fourth-order valence-corrected chi connectivity index (χ4v) is 4.93. The Kier molecular flexibility index (Phi) is 3.35. The molecule has 1 aliphatic heterocycles. The van der Waals surface area contributed by atoms with Gasteiger partial charge in [-0.15, -0.1) is 0 Å². The Morgan fingerprint density at radius 1 is 1.38 bits per heavy atom. The summed E-state index contributed by atoms with van der Waals surface area (Å²) in [5.74, 6) is 0.604. The van der Waals surface area contributed by atoms with Gasteiger partial charge in [0.05, 0.1) is 16.9 Å². The van der Waals surface area contributed by atoms with Crippen molar-refractivity contribution in [2.45, 2.75) is 51.3 Å². The van der Waals surface area contributed by atoms with Crippen LogP contribution in [0.1, 0.15) is 44.1 Å². The van der Waals surface area contributed by atoms with Gasteiger partial charge >= 0.3 is 0 Å². The first kappa shape index (κ1) is 14.6. The molecule has 0 spiro atoms. The van der Waals surface area contributed by atoms with E-state index < -0.39 is 15.3 Å². The molecule has 0 aromatic carbocycles. The van der Waals surface area contributed by atoms with Crippen molar-refractivity contribution in [1.29, 1.82) is 0 Å². The lowest BCUT2D eigenvalue weighted by molar-refractivity contribution is -0.124. The van der Waals surface area contributed by atoms with Crippen molar-refractivity contribution in [1.82, 2.24) is 14.3 Å². The van der Waals surface area contributed by atoms with Crippen LogP contribution in [-0.2, 0) is 21.4 Å². The summed E-state index contributed by atoms with van der Waals surface area (Å²) in [5.41, 5.74) is 0.928. The Morgan fingerprint density at radius 2 is 2.05 bits per heavy atom. The molecule has 1 fully saturated rings. The average Bonchev–Trinajstić information content (AvgIpc) is 2.99. The van der Waals surface area contributed by atoms with Gasteiger partial charge in [0.15, 0.2) is 0 Å². The number of hydrogen-bond donors (Lipinski definition) is 1. The van der Waals surface area contributed by atoms with Crippen LogP contribution in [0, 0.1) is 18.8 Å². The van der Waals surface area contributed by atoms with Crippen molar-refractivity contribution in [2.24, 2.45) is 11.8 Å². The fraction of sp³-hybridized carbons (Fsp3) is 0.714. The largest absolute Gasteiger partial charge is 0.334 e. The van der Waals surface area contributed by atoms with Crippen LogP contribution in [0.5, 0.6) is 0 Å². The lowest BCUT2D eigenvalue weighted by Crippen LogP contribution is -2.41. The number of rotatable bonds is 3. The van der Waals surface area contributed by atoms with Gasteiger partial charge in [0, 0.05) is 18.7 Å². The first-order chi connectivity index (χ1) is 9.78. The molecule has 0 bridgehead atoms. The van der Waals surface area contributed by atoms with E-state index in [1.54, 1.807) is 0 Å². The second-order valence-electron chi connectivity index (χ2n) is 6.49. The molecule has 1 aliphatic carbocycles. The van der Waals surface area contributed by atoms with Gasteiger partial charge in [0.2, 0.25) is 15.9 Å². The summed E-state index contributed by atoms with van der Waals surface area (Å²) in [7, 11) is -3.50. The van der Waals surface area contributed by atoms with Crippen LogP contribution in [0.25, 0.3) is 0 Å². The number of fused-ring (bicyclic) bond motifs is 1. The summed E-state index contributed by atoms with van der Waals surface area (Å²) in [6.07, 6.45) is 3.20. The molecular weight excluding hydrogens is 290 g/mol. The predicted molar refractivity (Wildman–Crippen MR) is 78.1 cm³/mol. The van der Waals surface area contributed by atoms with Crippen LogP contribution >= 0.6 is 0 Å². The van der Waals surface area contributed by atoms with Gasteiger partial charge in [-0.1, -0.05) is 13.8 Å². The summed E-state index contributed by atoms with van der Waals surface area (Å²) < 4.78 is 28.3. The summed E-state index contributed by atoms with van der Waals surface area (Å²) in [6, 6.07) is 0. The van der Waals surface area contributed by atoms with E-state index in [1.165, 1.54) is 0 Å². The zero-order valence-electron chi connectivity index (χ0n) is 12.5. The van der Waals surface area contributed by atoms with Crippen LogP contribution < -0.4 is 4.72 Å². The number of imidazole rings is 1. The molecule has 0 unspecified atom stereocenters. The lowest BCUT2D eigenvalue weighted by atomic mass is 9.91. The molecule has 1 saturated carbocycles. The third-order valence-electron chi connectivity index (χ3n) is 4.47. The Bertz CT molecular complexity index is 680. The quantitative estimate of drug-likeness (QED) is 0.908. The maximum Gasteiger partial charge on any atom is 0.238 e. The van der Waals surface area contributed by atoms with Gasteiger partial charge in [-0.25, -0.2) is 13.4 Å². The highest BCUT2D eigenvalue weighted by Crippen LogP contribution is 2.36. The van der Waals surface area contributed by atoms with Crippen molar-refractivity contribution in [2.75, 3.05) is 0 Å². The molecule has 0 radical (unpaired) electrons. The van der Waals surface area contributed by atoms with Crippen molar-refractivity contribution < 1.29 is 13.2 Å². The minimum atomic E-state index is -3.50. The van der Waals surface area contributed by atoms with Crippen molar-refractivity contribution in [3.8, 4) is 0 Å².